The molecule has 0 saturated heterocycles. The number of benzene rings is 2. The highest BCUT2D eigenvalue weighted by Crippen LogP contribution is 2.17. The van der Waals surface area contributed by atoms with Gasteiger partial charge in [-0.15, -0.1) is 0 Å². The summed E-state index contributed by atoms with van der Waals surface area (Å²) in [5.41, 5.74) is 2.01. The third-order valence-electron chi connectivity index (χ3n) is 3.25. The van der Waals surface area contributed by atoms with Crippen molar-refractivity contribution < 1.29 is 19.1 Å². The Morgan fingerprint density at radius 3 is 2.42 bits per heavy atom. The first-order valence-electron chi connectivity index (χ1n) is 6.87. The zero-order valence-electron chi connectivity index (χ0n) is 12.1. The third-order valence-corrected chi connectivity index (χ3v) is 4.16. The van der Waals surface area contributed by atoms with Gasteiger partial charge in [-0.25, -0.2) is 0 Å². The Labute approximate surface area is 150 Å². The molecule has 5 nitrogen and oxygen atoms in total. The van der Waals surface area contributed by atoms with E-state index in [-0.39, 0.29) is 10.4 Å². The van der Waals surface area contributed by atoms with Gasteiger partial charge in [0.1, 0.15) is 0 Å². The molecule has 0 amide bonds. The number of aromatic nitrogens is 2. The molecule has 1 aromatic heterocycles. The predicted octanol–water partition coefficient (Wildman–Crippen LogP) is 3.34. The molecular formula is C17H10BrClN2O3. The van der Waals surface area contributed by atoms with Crippen molar-refractivity contribution >= 4 is 39.4 Å². The van der Waals surface area contributed by atoms with E-state index in [2.05, 4.69) is 25.7 Å². The van der Waals surface area contributed by atoms with E-state index in [4.69, 9.17) is 11.6 Å². The molecule has 0 fully saturated rings. The van der Waals surface area contributed by atoms with Crippen molar-refractivity contribution in [2.24, 2.45) is 0 Å². The molecule has 0 saturated carbocycles. The molecule has 3 aromatic rings. The van der Waals surface area contributed by atoms with E-state index in [0.717, 1.165) is 5.56 Å². The van der Waals surface area contributed by atoms with Crippen LogP contribution in [0.5, 0.6) is 5.95 Å². The van der Waals surface area contributed by atoms with Gasteiger partial charge in [0, 0.05) is 38.6 Å². The summed E-state index contributed by atoms with van der Waals surface area (Å²) in [6.45, 7) is 0. The summed E-state index contributed by atoms with van der Waals surface area (Å²) < 4.78 is 6.04. The van der Waals surface area contributed by atoms with E-state index in [1.165, 1.54) is 10.8 Å². The molecule has 7 heteroatoms. The number of rotatable bonds is 4. The van der Waals surface area contributed by atoms with Gasteiger partial charge in [-0.1, -0.05) is 29.8 Å². The first-order chi connectivity index (χ1) is 11.5. The smallest absolute Gasteiger partial charge is 0.305 e. The molecule has 1 heterocycles. The van der Waals surface area contributed by atoms with E-state index in [9.17, 15) is 9.90 Å². The van der Waals surface area contributed by atoms with Crippen molar-refractivity contribution in [2.75, 3.05) is 0 Å². The lowest BCUT2D eigenvalue weighted by Gasteiger charge is -1.97. The van der Waals surface area contributed by atoms with Crippen LogP contribution in [0.3, 0.4) is 0 Å². The molecule has 0 aliphatic heterocycles. The number of carbonyl (C=O) groups excluding carboxylic acids is 1. The first kappa shape index (κ1) is 16.4. The molecule has 0 aliphatic rings. The first-order valence-corrected chi connectivity index (χ1v) is 8.04. The summed E-state index contributed by atoms with van der Waals surface area (Å²) >= 11 is 8.92. The van der Waals surface area contributed by atoms with Crippen LogP contribution < -0.4 is 9.79 Å². The van der Waals surface area contributed by atoms with Gasteiger partial charge in [-0.2, -0.15) is 0 Å². The van der Waals surface area contributed by atoms with E-state index in [0.29, 0.717) is 16.3 Å². The SMILES string of the molecule is O=C(/C=C/c1ccc(Cl)cc1)c1ccc(-[n+]2noc([O-])c2Br)cc1. The van der Waals surface area contributed by atoms with Gasteiger partial charge in [0.05, 0.1) is 5.27 Å². The van der Waals surface area contributed by atoms with Crippen molar-refractivity contribution in [3.8, 4) is 11.6 Å². The Morgan fingerprint density at radius 2 is 1.83 bits per heavy atom. The minimum absolute atomic E-state index is 0.134. The molecule has 0 aliphatic carbocycles. The molecule has 0 spiro atoms. The average molecular weight is 406 g/mol. The summed E-state index contributed by atoms with van der Waals surface area (Å²) in [7, 11) is 0. The minimum Gasteiger partial charge on any atom is -0.538 e. The van der Waals surface area contributed by atoms with E-state index in [1.807, 2.05) is 12.1 Å². The van der Waals surface area contributed by atoms with Gasteiger partial charge < -0.3 is 9.63 Å². The summed E-state index contributed by atoms with van der Waals surface area (Å²) in [5, 5.41) is 15.5. The summed E-state index contributed by atoms with van der Waals surface area (Å²) in [6, 6.07) is 13.8. The van der Waals surface area contributed by atoms with E-state index < -0.39 is 5.95 Å². The normalized spacial score (nSPS) is 11.1. The number of nitrogens with zero attached hydrogens (tertiary/aromatic N) is 2. The largest absolute Gasteiger partial charge is 0.538 e. The molecule has 0 unspecified atom stereocenters. The van der Waals surface area contributed by atoms with Gasteiger partial charge in [0.2, 0.25) is 5.69 Å². The van der Waals surface area contributed by atoms with Crippen molar-refractivity contribution in [1.82, 2.24) is 5.27 Å². The van der Waals surface area contributed by atoms with Gasteiger partial charge in [-0.3, -0.25) is 4.79 Å². The van der Waals surface area contributed by atoms with Crippen molar-refractivity contribution in [2.45, 2.75) is 0 Å². The second-order valence-corrected chi connectivity index (χ2v) is 6.05. The highest BCUT2D eigenvalue weighted by molar-refractivity contribution is 9.10. The number of halogens is 2. The monoisotopic (exact) mass is 404 g/mol. The van der Waals surface area contributed by atoms with Gasteiger partial charge in [0.25, 0.3) is 0 Å². The maximum Gasteiger partial charge on any atom is 0.305 e. The summed E-state index contributed by atoms with van der Waals surface area (Å²) in [4.78, 5) is 12.2. The average Bonchev–Trinajstić information content (AvgIpc) is 2.93. The highest BCUT2D eigenvalue weighted by Gasteiger charge is 2.17. The molecular weight excluding hydrogens is 396 g/mol. The second kappa shape index (κ2) is 6.98. The second-order valence-electron chi connectivity index (χ2n) is 4.86. The number of hydrogen-bond donors (Lipinski definition) is 0. The van der Waals surface area contributed by atoms with Crippen LogP contribution >= 0.6 is 27.5 Å². The zero-order chi connectivity index (χ0) is 17.1. The van der Waals surface area contributed by atoms with Crippen LogP contribution in [0.25, 0.3) is 11.8 Å². The molecule has 0 N–H and O–H groups in total. The Bertz CT molecular complexity index is 903. The maximum absolute atomic E-state index is 12.2. The third kappa shape index (κ3) is 3.55. The predicted molar refractivity (Wildman–Crippen MR) is 90.0 cm³/mol. The van der Waals surface area contributed by atoms with Gasteiger partial charge in [-0.05, 0) is 40.6 Å². The highest BCUT2D eigenvalue weighted by atomic mass is 79.9. The Morgan fingerprint density at radius 1 is 1.17 bits per heavy atom. The number of carbonyl (C=O) groups is 1. The summed E-state index contributed by atoms with van der Waals surface area (Å²) in [6.07, 6.45) is 3.21. The molecule has 3 rings (SSSR count). The summed E-state index contributed by atoms with van der Waals surface area (Å²) in [5.74, 6) is -0.703. The minimum atomic E-state index is -0.568. The Kier molecular flexibility index (Phi) is 4.78. The quantitative estimate of drug-likeness (QED) is 0.379. The Balaban J connectivity index is 1.76. The van der Waals surface area contributed by atoms with Crippen LogP contribution in [-0.2, 0) is 0 Å². The lowest BCUT2D eigenvalue weighted by atomic mass is 10.1. The fraction of sp³-hybridized carbons (Fsp3) is 0. The van der Waals surface area contributed by atoms with Crippen molar-refractivity contribution in [1.29, 1.82) is 0 Å². The molecule has 0 atom stereocenters. The van der Waals surface area contributed by atoms with Crippen LogP contribution in [-0.4, -0.2) is 11.1 Å². The number of ketones is 1. The van der Waals surface area contributed by atoms with Crippen LogP contribution in [0.15, 0.2) is 63.7 Å². The Hall–Kier alpha value is -2.44. The lowest BCUT2D eigenvalue weighted by Crippen LogP contribution is -2.33. The van der Waals surface area contributed by atoms with Crippen LogP contribution in [0.2, 0.25) is 5.02 Å². The number of hydrogen-bond acceptors (Lipinski definition) is 4. The number of allylic oxidation sites excluding steroid dienone is 1. The maximum atomic E-state index is 12.2. The fourth-order valence-corrected chi connectivity index (χ4v) is 2.48. The lowest BCUT2D eigenvalue weighted by molar-refractivity contribution is -0.680. The van der Waals surface area contributed by atoms with Crippen LogP contribution in [0.4, 0.5) is 0 Å². The zero-order valence-corrected chi connectivity index (χ0v) is 14.5. The van der Waals surface area contributed by atoms with Crippen LogP contribution in [0, 0.1) is 0 Å². The van der Waals surface area contributed by atoms with E-state index in [1.54, 1.807) is 42.5 Å². The van der Waals surface area contributed by atoms with Gasteiger partial charge >= 0.3 is 4.60 Å². The van der Waals surface area contributed by atoms with Gasteiger partial charge in [0.15, 0.2) is 11.7 Å². The van der Waals surface area contributed by atoms with Crippen molar-refractivity contribution in [3.63, 3.8) is 0 Å². The van der Waals surface area contributed by atoms with E-state index >= 15 is 0 Å². The standard InChI is InChI=1S/C17H10BrClN2O3/c18-16-17(23)24-20-21(16)14-8-4-12(5-9-14)15(22)10-3-11-1-6-13(19)7-2-11/h1-10H/b10-3+. The fourth-order valence-electron chi connectivity index (χ4n) is 2.01. The molecule has 120 valence electrons. The molecule has 0 bridgehead atoms. The molecule has 24 heavy (non-hydrogen) atoms. The topological polar surface area (TPSA) is 70.0 Å². The van der Waals surface area contributed by atoms with Crippen LogP contribution in [0.1, 0.15) is 15.9 Å². The van der Waals surface area contributed by atoms with Crippen molar-refractivity contribution in [3.05, 3.63) is 75.4 Å². The molecule has 0 radical (unpaired) electrons. The molecule has 2 aromatic carbocycles.